The molecule has 0 radical (unpaired) electrons. The number of ketones is 1. The van der Waals surface area contributed by atoms with Gasteiger partial charge in [0.25, 0.3) is 0 Å². The number of carbonyl (C=O) groups is 1. The number of rotatable bonds is 9. The average Bonchev–Trinajstić information content (AvgIpc) is 2.80. The monoisotopic (exact) mass is 437 g/mol. The van der Waals surface area contributed by atoms with Gasteiger partial charge in [0.15, 0.2) is 5.78 Å². The molecule has 3 rings (SSSR count). The zero-order valence-corrected chi connectivity index (χ0v) is 20.3. The molecule has 1 aromatic rings. The lowest BCUT2D eigenvalue weighted by atomic mass is 9.68. The predicted octanol–water partition coefficient (Wildman–Crippen LogP) is 6.13. The van der Waals surface area contributed by atoms with E-state index >= 15 is 0 Å². The summed E-state index contributed by atoms with van der Waals surface area (Å²) in [7, 11) is 1.66. The fourth-order valence-corrected chi connectivity index (χ4v) is 4.74. The number of allylic oxidation sites excluding steroid dienone is 4. The first-order chi connectivity index (χ1) is 15.4. The molecule has 1 saturated heterocycles. The molecule has 2 aliphatic rings. The maximum Gasteiger partial charge on any atom is 0.169 e. The second kappa shape index (κ2) is 11.0. The van der Waals surface area contributed by atoms with Gasteiger partial charge in [-0.15, -0.1) is 0 Å². The second-order valence-electron chi connectivity index (χ2n) is 9.62. The molecule has 1 heterocycles. The summed E-state index contributed by atoms with van der Waals surface area (Å²) in [6, 6.07) is 5.81. The van der Waals surface area contributed by atoms with Gasteiger partial charge in [0.1, 0.15) is 18.1 Å². The highest BCUT2D eigenvalue weighted by Gasteiger charge is 2.39. The summed E-state index contributed by atoms with van der Waals surface area (Å²) >= 11 is 0. The summed E-state index contributed by atoms with van der Waals surface area (Å²) in [5.41, 5.74) is 3.86. The number of Topliss-reactive ketones (excluding diaryl/α,β-unsaturated/α-hetero) is 1. The number of hydrogen-bond acceptors (Lipinski definition) is 4. The number of nitrogens with zero attached hydrogens (tertiary/aromatic N) is 1. The Balaban J connectivity index is 1.70. The zero-order valence-electron chi connectivity index (χ0n) is 20.3. The molecule has 0 amide bonds. The van der Waals surface area contributed by atoms with Crippen LogP contribution in [-0.2, 0) is 11.2 Å². The van der Waals surface area contributed by atoms with Crippen LogP contribution in [0, 0.1) is 5.41 Å². The molecule has 0 N–H and O–H groups in total. The lowest BCUT2D eigenvalue weighted by Crippen LogP contribution is -2.34. The molecule has 1 aromatic carbocycles. The molecule has 32 heavy (non-hydrogen) atoms. The van der Waals surface area contributed by atoms with E-state index in [-0.39, 0.29) is 5.78 Å². The van der Waals surface area contributed by atoms with E-state index in [1.54, 1.807) is 13.2 Å². The Labute approximate surface area is 194 Å². The van der Waals surface area contributed by atoms with E-state index in [4.69, 9.17) is 9.47 Å². The van der Waals surface area contributed by atoms with Crippen LogP contribution in [0.25, 0.3) is 0 Å². The molecule has 0 spiro atoms. The van der Waals surface area contributed by atoms with Crippen LogP contribution in [0.4, 0.5) is 0 Å². The molecule has 1 atom stereocenters. The van der Waals surface area contributed by atoms with Gasteiger partial charge in [0, 0.05) is 17.5 Å². The summed E-state index contributed by atoms with van der Waals surface area (Å²) in [6.07, 6.45) is 10.2. The van der Waals surface area contributed by atoms with E-state index in [2.05, 4.69) is 38.3 Å². The van der Waals surface area contributed by atoms with Gasteiger partial charge in [-0.05, 0) is 101 Å². The van der Waals surface area contributed by atoms with Crippen molar-refractivity contribution < 1.29 is 14.3 Å². The topological polar surface area (TPSA) is 38.8 Å². The molecule has 4 heteroatoms. The average molecular weight is 438 g/mol. The Morgan fingerprint density at radius 2 is 1.97 bits per heavy atom. The van der Waals surface area contributed by atoms with Gasteiger partial charge in [-0.2, -0.15) is 0 Å². The molecule has 0 saturated carbocycles. The molecule has 0 aromatic heterocycles. The number of ether oxygens (including phenoxy) is 2. The Hall–Kier alpha value is -2.33. The van der Waals surface area contributed by atoms with E-state index < -0.39 is 5.41 Å². The van der Waals surface area contributed by atoms with Gasteiger partial charge in [0.2, 0.25) is 0 Å². The van der Waals surface area contributed by atoms with Crippen LogP contribution >= 0.6 is 0 Å². The maximum atomic E-state index is 13.5. The minimum Gasteiger partial charge on any atom is -0.497 e. The molecule has 4 nitrogen and oxygen atoms in total. The highest BCUT2D eigenvalue weighted by Crippen LogP contribution is 2.41. The minimum absolute atomic E-state index is 0.222. The molecular weight excluding hydrogens is 398 g/mol. The lowest BCUT2D eigenvalue weighted by Gasteiger charge is -2.34. The van der Waals surface area contributed by atoms with Gasteiger partial charge in [-0.25, -0.2) is 0 Å². The van der Waals surface area contributed by atoms with Crippen molar-refractivity contribution in [2.75, 3.05) is 33.4 Å². The minimum atomic E-state index is -0.426. The number of piperidine rings is 1. The third kappa shape index (κ3) is 5.92. The van der Waals surface area contributed by atoms with Crippen LogP contribution < -0.4 is 4.74 Å². The van der Waals surface area contributed by atoms with Gasteiger partial charge in [-0.3, -0.25) is 9.69 Å². The predicted molar refractivity (Wildman–Crippen MR) is 131 cm³/mol. The fraction of sp³-hybridized carbons (Fsp3) is 0.536. The van der Waals surface area contributed by atoms with E-state index in [1.807, 2.05) is 18.2 Å². The molecule has 1 aliphatic carbocycles. The van der Waals surface area contributed by atoms with Crippen molar-refractivity contribution in [3.05, 3.63) is 65.0 Å². The van der Waals surface area contributed by atoms with Crippen LogP contribution in [0.3, 0.4) is 0 Å². The van der Waals surface area contributed by atoms with Crippen LogP contribution in [0.5, 0.6) is 5.75 Å². The first-order valence-electron chi connectivity index (χ1n) is 11.9. The van der Waals surface area contributed by atoms with Crippen molar-refractivity contribution in [1.29, 1.82) is 0 Å². The number of fused-ring (bicyclic) bond motifs is 1. The summed E-state index contributed by atoms with van der Waals surface area (Å²) in [4.78, 5) is 15.9. The third-order valence-electron chi connectivity index (χ3n) is 6.92. The van der Waals surface area contributed by atoms with Crippen molar-refractivity contribution >= 4 is 5.78 Å². The standard InChI is InChI=1S/C28H39NO3/c1-6-24(32-17-16-29-14-8-7-9-15-29)19-23(21(2)3)20-28(4)13-12-22-18-25(31-5)10-11-26(22)27(28)30/h6,10-11,18-19H,1,7-9,12-17,20H2,2-5H3/b24-19+. The molecular formula is C28H39NO3. The quantitative estimate of drug-likeness (QED) is 0.344. The van der Waals surface area contributed by atoms with Gasteiger partial charge in [0.05, 0.1) is 7.11 Å². The lowest BCUT2D eigenvalue weighted by molar-refractivity contribution is 0.0784. The highest BCUT2D eigenvalue weighted by atomic mass is 16.5. The summed E-state index contributed by atoms with van der Waals surface area (Å²) in [5, 5.41) is 0. The van der Waals surface area contributed by atoms with E-state index in [0.29, 0.717) is 13.0 Å². The molecule has 174 valence electrons. The number of methoxy groups -OCH3 is 1. The highest BCUT2D eigenvalue weighted by molar-refractivity contribution is 6.03. The van der Waals surface area contributed by atoms with Crippen molar-refractivity contribution in [1.82, 2.24) is 4.90 Å². The molecule has 1 unspecified atom stereocenters. The largest absolute Gasteiger partial charge is 0.497 e. The number of hydrogen-bond donors (Lipinski definition) is 0. The summed E-state index contributed by atoms with van der Waals surface area (Å²) in [5.74, 6) is 1.82. The Kier molecular flexibility index (Phi) is 8.36. The van der Waals surface area contributed by atoms with Crippen LogP contribution in [0.1, 0.15) is 68.8 Å². The fourth-order valence-electron chi connectivity index (χ4n) is 4.74. The SMILES string of the molecule is C=C/C(=C\C(CC1(C)CCc2cc(OC)ccc2C1=O)=C(C)C)OCCN1CCCCC1. The van der Waals surface area contributed by atoms with E-state index in [1.165, 1.54) is 37.9 Å². The van der Waals surface area contributed by atoms with Gasteiger partial charge >= 0.3 is 0 Å². The second-order valence-corrected chi connectivity index (χ2v) is 9.62. The van der Waals surface area contributed by atoms with Crippen LogP contribution in [0.15, 0.2) is 53.8 Å². The van der Waals surface area contributed by atoms with Crippen molar-refractivity contribution in [3.63, 3.8) is 0 Å². The van der Waals surface area contributed by atoms with E-state index in [9.17, 15) is 4.79 Å². The van der Waals surface area contributed by atoms with Crippen LogP contribution in [0.2, 0.25) is 0 Å². The third-order valence-corrected chi connectivity index (χ3v) is 6.92. The number of likely N-dealkylation sites (tertiary alicyclic amines) is 1. The molecule has 0 bridgehead atoms. The van der Waals surface area contributed by atoms with Crippen molar-refractivity contribution in [3.8, 4) is 5.75 Å². The maximum absolute atomic E-state index is 13.5. The number of aryl methyl sites for hydroxylation is 1. The van der Waals surface area contributed by atoms with Crippen LogP contribution in [-0.4, -0.2) is 44.0 Å². The number of benzene rings is 1. The molecule has 1 fully saturated rings. The number of carbonyl (C=O) groups excluding carboxylic acids is 1. The van der Waals surface area contributed by atoms with Crippen molar-refractivity contribution in [2.45, 2.75) is 59.3 Å². The van der Waals surface area contributed by atoms with Gasteiger partial charge in [-0.1, -0.05) is 25.5 Å². The summed E-state index contributed by atoms with van der Waals surface area (Å²) in [6.45, 7) is 14.2. The smallest absolute Gasteiger partial charge is 0.169 e. The Bertz CT molecular complexity index is 888. The Morgan fingerprint density at radius 1 is 1.22 bits per heavy atom. The zero-order chi connectivity index (χ0) is 23.1. The normalized spacial score (nSPS) is 21.6. The van der Waals surface area contributed by atoms with Gasteiger partial charge < -0.3 is 9.47 Å². The van der Waals surface area contributed by atoms with Crippen molar-refractivity contribution in [2.24, 2.45) is 5.41 Å². The summed E-state index contributed by atoms with van der Waals surface area (Å²) < 4.78 is 11.4. The Morgan fingerprint density at radius 3 is 2.62 bits per heavy atom. The first-order valence-corrected chi connectivity index (χ1v) is 11.9. The first kappa shape index (κ1) is 24.3. The van der Waals surface area contributed by atoms with E-state index in [0.717, 1.165) is 47.6 Å². The molecule has 1 aliphatic heterocycles.